The molecule has 1 aromatic rings. The lowest BCUT2D eigenvalue weighted by atomic mass is 9.72. The molecule has 0 saturated heterocycles. The van der Waals surface area contributed by atoms with Crippen LogP contribution in [0.15, 0.2) is 24.3 Å². The van der Waals surface area contributed by atoms with Gasteiger partial charge < -0.3 is 31.5 Å². The van der Waals surface area contributed by atoms with E-state index < -0.39 is 5.60 Å². The third-order valence-electron chi connectivity index (χ3n) is 4.21. The van der Waals surface area contributed by atoms with E-state index in [4.69, 9.17) is 0 Å². The molecule has 0 bridgehead atoms. The van der Waals surface area contributed by atoms with E-state index in [-0.39, 0.29) is 40.5 Å². The molecule has 0 aliphatic heterocycles. The molecule has 0 spiro atoms. The molecule has 1 saturated carbocycles. The Bertz CT molecular complexity index is 407. The van der Waals surface area contributed by atoms with E-state index in [0.717, 1.165) is 37.8 Å². The molecule has 138 valence electrons. The van der Waals surface area contributed by atoms with Gasteiger partial charge in [0, 0.05) is 12.5 Å². The van der Waals surface area contributed by atoms with Crippen LogP contribution in [0, 0.1) is 0 Å². The zero-order valence-corrected chi connectivity index (χ0v) is 14.7. The second-order valence-corrected chi connectivity index (χ2v) is 6.07. The molecule has 0 aromatic heterocycles. The van der Waals surface area contributed by atoms with Gasteiger partial charge in [0.25, 0.3) is 0 Å². The molecule has 6 nitrogen and oxygen atoms in total. The lowest BCUT2D eigenvalue weighted by molar-refractivity contribution is -0.0277. The molecule has 8 N–H and O–H groups in total. The number of rotatable bonds is 4. The molecule has 1 atom stereocenters. The van der Waals surface area contributed by atoms with Crippen LogP contribution in [-0.4, -0.2) is 57.8 Å². The molecule has 0 amide bonds. The van der Waals surface area contributed by atoms with E-state index in [2.05, 4.69) is 4.90 Å². The fraction of sp³-hybridized carbons (Fsp3) is 0.625. The van der Waals surface area contributed by atoms with Crippen molar-refractivity contribution in [3.05, 3.63) is 29.8 Å². The summed E-state index contributed by atoms with van der Waals surface area (Å²) in [5.74, 6) is 0.395. The number of aromatic hydroxyl groups is 1. The van der Waals surface area contributed by atoms with Crippen LogP contribution >= 0.6 is 12.4 Å². The maximum atomic E-state index is 11.0. The largest absolute Gasteiger partial charge is 0.508 e. The van der Waals surface area contributed by atoms with E-state index in [0.29, 0.717) is 0 Å². The summed E-state index contributed by atoms with van der Waals surface area (Å²) in [5, 5.41) is 20.4. The summed E-state index contributed by atoms with van der Waals surface area (Å²) in [6.07, 6.45) is 5.21. The summed E-state index contributed by atoms with van der Waals surface area (Å²) < 4.78 is 0. The van der Waals surface area contributed by atoms with Gasteiger partial charge in [-0.2, -0.15) is 0 Å². The third kappa shape index (κ3) is 7.03. The predicted molar refractivity (Wildman–Crippen MR) is 95.5 cm³/mol. The first-order valence-corrected chi connectivity index (χ1v) is 7.17. The van der Waals surface area contributed by atoms with Gasteiger partial charge >= 0.3 is 0 Å². The summed E-state index contributed by atoms with van der Waals surface area (Å²) in [5.41, 5.74) is 0.523. The number of phenolic OH excluding ortho intramolecular Hbond substituents is 1. The molecular weight excluding hydrogens is 322 g/mol. The smallest absolute Gasteiger partial charge is 0.115 e. The monoisotopic (exact) mass is 353 g/mol. The summed E-state index contributed by atoms with van der Waals surface area (Å²) in [7, 11) is 4.08. The Hall–Kier alpha value is -0.890. The average molecular weight is 354 g/mol. The van der Waals surface area contributed by atoms with E-state index >= 15 is 0 Å². The van der Waals surface area contributed by atoms with Crippen molar-refractivity contribution >= 4 is 12.4 Å². The molecule has 0 radical (unpaired) electrons. The van der Waals surface area contributed by atoms with Gasteiger partial charge in [0.05, 0.1) is 5.60 Å². The van der Waals surface area contributed by atoms with Crippen LogP contribution in [0.3, 0.4) is 0 Å². The van der Waals surface area contributed by atoms with Gasteiger partial charge in [-0.15, -0.1) is 12.4 Å². The van der Waals surface area contributed by atoms with Gasteiger partial charge in [-0.1, -0.05) is 31.4 Å². The number of hydrogen-bond acceptors (Lipinski definition) is 3. The Kier molecular flexibility index (Phi) is 13.6. The molecule has 1 unspecified atom stereocenters. The van der Waals surface area contributed by atoms with Crippen LogP contribution < -0.4 is 0 Å². The van der Waals surface area contributed by atoms with Crippen molar-refractivity contribution in [2.24, 2.45) is 0 Å². The summed E-state index contributed by atoms with van der Waals surface area (Å²) in [6.45, 7) is 0.835. The van der Waals surface area contributed by atoms with Crippen molar-refractivity contribution in [2.75, 3.05) is 20.6 Å². The zero-order valence-electron chi connectivity index (χ0n) is 13.9. The van der Waals surface area contributed by atoms with E-state index in [1.807, 2.05) is 26.2 Å². The number of aliphatic hydroxyl groups is 1. The third-order valence-corrected chi connectivity index (χ3v) is 4.21. The molecule has 1 aliphatic rings. The second kappa shape index (κ2) is 11.6. The summed E-state index contributed by atoms with van der Waals surface area (Å²) in [4.78, 5) is 2.13. The van der Waals surface area contributed by atoms with Crippen molar-refractivity contribution in [1.82, 2.24) is 4.90 Å². The Morgan fingerprint density at radius 1 is 1.00 bits per heavy atom. The molecule has 0 heterocycles. The van der Waals surface area contributed by atoms with Gasteiger partial charge in [0.15, 0.2) is 0 Å². The first kappa shape index (κ1) is 27.0. The van der Waals surface area contributed by atoms with Crippen LogP contribution in [0.25, 0.3) is 0 Å². The number of nitrogens with zero attached hydrogens (tertiary/aromatic N) is 1. The van der Waals surface area contributed by atoms with E-state index in [1.54, 1.807) is 12.1 Å². The Morgan fingerprint density at radius 2 is 1.48 bits per heavy atom. The molecular formula is C16H32ClNO5. The number of hydrogen-bond donors (Lipinski definition) is 2. The van der Waals surface area contributed by atoms with Crippen LogP contribution in [0.4, 0.5) is 0 Å². The van der Waals surface area contributed by atoms with Gasteiger partial charge in [-0.05, 0) is 44.6 Å². The van der Waals surface area contributed by atoms with Gasteiger partial charge in [0.2, 0.25) is 0 Å². The average Bonchev–Trinajstić information content (AvgIpc) is 2.38. The standard InChI is InChI=1S/C16H25NO2.ClH.3H2O/c1-17(2)12-15(13-6-8-14(18)9-7-13)16(19)10-4-3-5-11-16;;;;/h6-9,15,18-19H,3-5,10-12H2,1-2H3;1H;3*1H2. The quantitative estimate of drug-likeness (QED) is 0.822. The summed E-state index contributed by atoms with van der Waals surface area (Å²) in [6, 6.07) is 7.31. The van der Waals surface area contributed by atoms with Gasteiger partial charge in [-0.3, -0.25) is 0 Å². The molecule has 2 rings (SSSR count). The van der Waals surface area contributed by atoms with Crippen LogP contribution in [0.2, 0.25) is 0 Å². The lowest BCUT2D eigenvalue weighted by Gasteiger charge is -2.40. The van der Waals surface area contributed by atoms with Gasteiger partial charge in [-0.25, -0.2) is 0 Å². The highest BCUT2D eigenvalue weighted by molar-refractivity contribution is 5.85. The van der Waals surface area contributed by atoms with Crippen molar-refractivity contribution in [2.45, 2.75) is 43.6 Å². The highest BCUT2D eigenvalue weighted by Gasteiger charge is 2.38. The van der Waals surface area contributed by atoms with Crippen LogP contribution in [0.5, 0.6) is 5.75 Å². The fourth-order valence-corrected chi connectivity index (χ4v) is 3.17. The van der Waals surface area contributed by atoms with E-state index in [1.165, 1.54) is 6.42 Å². The molecule has 1 aromatic carbocycles. The molecule has 23 heavy (non-hydrogen) atoms. The van der Waals surface area contributed by atoms with Crippen molar-refractivity contribution in [3.8, 4) is 5.75 Å². The van der Waals surface area contributed by atoms with Crippen LogP contribution in [0.1, 0.15) is 43.6 Å². The minimum absolute atomic E-state index is 0. The van der Waals surface area contributed by atoms with Crippen molar-refractivity contribution in [1.29, 1.82) is 0 Å². The highest BCUT2D eigenvalue weighted by atomic mass is 35.5. The topological polar surface area (TPSA) is 138 Å². The number of likely N-dealkylation sites (N-methyl/N-ethyl adjacent to an activating group) is 1. The van der Waals surface area contributed by atoms with E-state index in [9.17, 15) is 10.2 Å². The number of halogens is 1. The maximum absolute atomic E-state index is 11.0. The Labute approximate surface area is 144 Å². The Morgan fingerprint density at radius 3 is 1.91 bits per heavy atom. The normalized spacial score (nSPS) is 16.9. The predicted octanol–water partition coefficient (Wildman–Crippen LogP) is 0.680. The number of benzene rings is 1. The molecule has 1 fully saturated rings. The van der Waals surface area contributed by atoms with Gasteiger partial charge in [0.1, 0.15) is 5.75 Å². The number of phenols is 1. The fourth-order valence-electron chi connectivity index (χ4n) is 3.17. The van der Waals surface area contributed by atoms with Crippen molar-refractivity contribution in [3.63, 3.8) is 0 Å². The second-order valence-electron chi connectivity index (χ2n) is 6.07. The minimum atomic E-state index is -0.598. The minimum Gasteiger partial charge on any atom is -0.508 e. The highest BCUT2D eigenvalue weighted by Crippen LogP contribution is 2.40. The maximum Gasteiger partial charge on any atom is 0.115 e. The first-order valence-electron chi connectivity index (χ1n) is 7.17. The molecule has 7 heteroatoms. The van der Waals surface area contributed by atoms with Crippen LogP contribution in [-0.2, 0) is 0 Å². The van der Waals surface area contributed by atoms with Crippen molar-refractivity contribution < 1.29 is 26.6 Å². The SMILES string of the molecule is CN(C)CC(c1ccc(O)cc1)C1(O)CCCCC1.Cl.O.O.O. The summed E-state index contributed by atoms with van der Waals surface area (Å²) >= 11 is 0. The first-order chi connectivity index (χ1) is 9.01. The molecule has 1 aliphatic carbocycles. The lowest BCUT2D eigenvalue weighted by Crippen LogP contribution is -2.42. The zero-order chi connectivity index (χ0) is 13.9. The Balaban J connectivity index is -0.000001000.